The van der Waals surface area contributed by atoms with Gasteiger partial charge in [0.05, 0.1) is 11.2 Å². The van der Waals surface area contributed by atoms with Crippen molar-refractivity contribution in [3.05, 3.63) is 65.2 Å². The Morgan fingerprint density at radius 2 is 1.88 bits per heavy atom. The molecular weight excluding hydrogens is 324 g/mol. The highest BCUT2D eigenvalue weighted by Gasteiger charge is 2.28. The first-order chi connectivity index (χ1) is 12.4. The van der Waals surface area contributed by atoms with Gasteiger partial charge in [-0.3, -0.25) is 15.2 Å². The van der Waals surface area contributed by atoms with E-state index in [4.69, 9.17) is 4.99 Å². The van der Waals surface area contributed by atoms with Crippen molar-refractivity contribution in [2.24, 2.45) is 10.1 Å². The number of Topliss-reactive ketones (excluding diaryl/α,β-unsaturated/α-hetero) is 1. The van der Waals surface area contributed by atoms with Crippen LogP contribution in [0.4, 0.5) is 5.69 Å². The van der Waals surface area contributed by atoms with Gasteiger partial charge in [-0.25, -0.2) is 0 Å². The number of hydrazone groups is 1. The molecule has 2 aromatic carbocycles. The average molecular weight is 344 g/mol. The minimum atomic E-state index is -0.287. The molecular formula is C21H20N4O. The first kappa shape index (κ1) is 17.6. The van der Waals surface area contributed by atoms with E-state index in [9.17, 15) is 10.1 Å². The number of ketones is 1. The van der Waals surface area contributed by atoms with Crippen molar-refractivity contribution in [2.75, 3.05) is 5.43 Å². The van der Waals surface area contributed by atoms with Gasteiger partial charge >= 0.3 is 0 Å². The van der Waals surface area contributed by atoms with Crippen LogP contribution in [0.2, 0.25) is 0 Å². The van der Waals surface area contributed by atoms with E-state index >= 15 is 0 Å². The summed E-state index contributed by atoms with van der Waals surface area (Å²) >= 11 is 0. The molecule has 0 radical (unpaired) electrons. The summed E-state index contributed by atoms with van der Waals surface area (Å²) in [5.74, 6) is 0.00756. The Hall–Kier alpha value is -3.26. The van der Waals surface area contributed by atoms with Crippen molar-refractivity contribution in [1.82, 2.24) is 0 Å². The second kappa shape index (κ2) is 6.93. The minimum absolute atomic E-state index is 0.00756. The van der Waals surface area contributed by atoms with Crippen molar-refractivity contribution < 1.29 is 4.79 Å². The minimum Gasteiger partial charge on any atom is -0.295 e. The monoisotopic (exact) mass is 344 g/mol. The molecule has 0 amide bonds. The molecule has 1 heterocycles. The quantitative estimate of drug-likeness (QED) is 0.517. The Balaban J connectivity index is 1.92. The van der Waals surface area contributed by atoms with Crippen LogP contribution >= 0.6 is 0 Å². The molecule has 0 spiro atoms. The largest absolute Gasteiger partial charge is 0.295 e. The maximum absolute atomic E-state index is 11.3. The number of carbonyl (C=O) groups excluding carboxylic acids is 1. The molecule has 0 saturated heterocycles. The predicted octanol–water partition coefficient (Wildman–Crippen LogP) is 4.00. The van der Waals surface area contributed by atoms with E-state index < -0.39 is 0 Å². The van der Waals surface area contributed by atoms with E-state index in [-0.39, 0.29) is 17.0 Å². The number of aliphatic imine (C=N–C) groups is 1. The fourth-order valence-corrected chi connectivity index (χ4v) is 2.99. The fraction of sp³-hybridized carbons (Fsp3) is 0.238. The van der Waals surface area contributed by atoms with Crippen LogP contribution < -0.4 is 5.43 Å². The maximum Gasteiger partial charge on any atom is 0.186 e. The van der Waals surface area contributed by atoms with Crippen LogP contribution in [0.1, 0.15) is 42.3 Å². The van der Waals surface area contributed by atoms with Gasteiger partial charge in [-0.15, -0.1) is 0 Å². The second-order valence-electron chi connectivity index (χ2n) is 6.92. The third kappa shape index (κ3) is 3.70. The van der Waals surface area contributed by atoms with E-state index in [1.807, 2.05) is 32.0 Å². The van der Waals surface area contributed by atoms with E-state index in [2.05, 4.69) is 22.7 Å². The summed E-state index contributed by atoms with van der Waals surface area (Å²) in [6.07, 6.45) is 0.825. The Morgan fingerprint density at radius 3 is 2.54 bits per heavy atom. The van der Waals surface area contributed by atoms with E-state index in [1.165, 1.54) is 6.92 Å². The molecule has 3 rings (SSSR count). The van der Waals surface area contributed by atoms with Gasteiger partial charge in [0.2, 0.25) is 0 Å². The number of benzene rings is 2. The van der Waals surface area contributed by atoms with Crippen molar-refractivity contribution in [3.8, 4) is 6.07 Å². The molecule has 26 heavy (non-hydrogen) atoms. The number of carbonyl (C=O) groups is 1. The summed E-state index contributed by atoms with van der Waals surface area (Å²) < 4.78 is 0. The van der Waals surface area contributed by atoms with Gasteiger partial charge in [-0.1, -0.05) is 24.3 Å². The van der Waals surface area contributed by atoms with Crippen molar-refractivity contribution in [2.45, 2.75) is 32.7 Å². The first-order valence-electron chi connectivity index (χ1n) is 8.43. The van der Waals surface area contributed by atoms with Crippen molar-refractivity contribution >= 4 is 22.9 Å². The SMILES string of the molecule is CC(=O)c1ccc(N/N=C(/C#N)C2=NC(C)(C)Cc3ccccc32)cc1. The number of nitriles is 1. The molecule has 1 aliphatic rings. The molecule has 5 heteroatoms. The van der Waals surface area contributed by atoms with Crippen LogP contribution in [0.5, 0.6) is 0 Å². The molecule has 5 nitrogen and oxygen atoms in total. The van der Waals surface area contributed by atoms with Crippen LogP contribution in [-0.2, 0) is 6.42 Å². The number of anilines is 1. The highest BCUT2D eigenvalue weighted by molar-refractivity contribution is 6.54. The van der Waals surface area contributed by atoms with Crippen LogP contribution in [0.25, 0.3) is 0 Å². The normalized spacial score (nSPS) is 15.5. The van der Waals surface area contributed by atoms with Crippen molar-refractivity contribution in [3.63, 3.8) is 0 Å². The maximum atomic E-state index is 11.3. The lowest BCUT2D eigenvalue weighted by atomic mass is 9.86. The Labute approximate surface area is 153 Å². The number of hydrogen-bond donors (Lipinski definition) is 1. The van der Waals surface area contributed by atoms with Crippen LogP contribution in [0.3, 0.4) is 0 Å². The third-order valence-corrected chi connectivity index (χ3v) is 4.23. The van der Waals surface area contributed by atoms with E-state index in [0.717, 1.165) is 17.5 Å². The summed E-state index contributed by atoms with van der Waals surface area (Å²) in [4.78, 5) is 16.1. The van der Waals surface area contributed by atoms with Gasteiger partial charge in [0.15, 0.2) is 11.5 Å². The molecule has 0 fully saturated rings. The molecule has 0 atom stereocenters. The highest BCUT2D eigenvalue weighted by Crippen LogP contribution is 2.27. The molecule has 0 unspecified atom stereocenters. The molecule has 1 aliphatic heterocycles. The third-order valence-electron chi connectivity index (χ3n) is 4.23. The van der Waals surface area contributed by atoms with E-state index in [0.29, 0.717) is 17.0 Å². The summed E-state index contributed by atoms with van der Waals surface area (Å²) in [5.41, 5.74) is 6.89. The lowest BCUT2D eigenvalue weighted by molar-refractivity contribution is 0.101. The molecule has 0 saturated carbocycles. The number of nitrogens with one attached hydrogen (secondary N) is 1. The Kier molecular flexibility index (Phi) is 4.68. The summed E-state index contributed by atoms with van der Waals surface area (Å²) in [5, 5.41) is 13.9. The molecule has 0 aromatic heterocycles. The zero-order valence-electron chi connectivity index (χ0n) is 15.1. The van der Waals surface area contributed by atoms with Gasteiger partial charge in [-0.05, 0) is 57.0 Å². The van der Waals surface area contributed by atoms with Crippen LogP contribution in [-0.4, -0.2) is 22.7 Å². The topological polar surface area (TPSA) is 77.6 Å². The van der Waals surface area contributed by atoms with E-state index in [1.54, 1.807) is 24.3 Å². The zero-order chi connectivity index (χ0) is 18.7. The molecule has 0 bridgehead atoms. The number of nitrogens with zero attached hydrogens (tertiary/aromatic N) is 3. The zero-order valence-corrected chi connectivity index (χ0v) is 15.1. The van der Waals surface area contributed by atoms with Crippen LogP contribution in [0.15, 0.2) is 58.6 Å². The number of fused-ring (bicyclic) bond motifs is 1. The number of rotatable bonds is 4. The van der Waals surface area contributed by atoms with Crippen LogP contribution in [0, 0.1) is 11.3 Å². The highest BCUT2D eigenvalue weighted by atomic mass is 16.1. The summed E-state index contributed by atoms with van der Waals surface area (Å²) in [7, 11) is 0. The molecule has 2 aromatic rings. The van der Waals surface area contributed by atoms with Gasteiger partial charge < -0.3 is 0 Å². The predicted molar refractivity (Wildman–Crippen MR) is 104 cm³/mol. The van der Waals surface area contributed by atoms with Gasteiger partial charge in [0, 0.05) is 11.1 Å². The fourth-order valence-electron chi connectivity index (χ4n) is 2.99. The summed E-state index contributed by atoms with van der Waals surface area (Å²) in [6.45, 7) is 5.62. The Bertz CT molecular complexity index is 947. The Morgan fingerprint density at radius 1 is 1.19 bits per heavy atom. The number of hydrogen-bond acceptors (Lipinski definition) is 5. The standard InChI is InChI=1S/C21H20N4O/c1-14(26)15-8-10-17(11-9-15)24-25-19(13-22)20-18-7-5-4-6-16(18)12-21(2,3)23-20/h4-11,24H,12H2,1-3H3/b25-19-. The molecule has 130 valence electrons. The summed E-state index contributed by atoms with van der Waals surface area (Å²) in [6, 6.07) is 17.1. The van der Waals surface area contributed by atoms with Gasteiger partial charge in [0.1, 0.15) is 11.8 Å². The lowest BCUT2D eigenvalue weighted by Gasteiger charge is -2.28. The molecule has 0 aliphatic carbocycles. The van der Waals surface area contributed by atoms with Gasteiger partial charge in [-0.2, -0.15) is 10.4 Å². The van der Waals surface area contributed by atoms with Gasteiger partial charge in [0.25, 0.3) is 0 Å². The average Bonchev–Trinajstić information content (AvgIpc) is 2.61. The lowest BCUT2D eigenvalue weighted by Crippen LogP contribution is -2.32. The smallest absolute Gasteiger partial charge is 0.186 e. The first-order valence-corrected chi connectivity index (χ1v) is 8.43. The molecule has 1 N–H and O–H groups in total. The second-order valence-corrected chi connectivity index (χ2v) is 6.92. The van der Waals surface area contributed by atoms with Crippen molar-refractivity contribution in [1.29, 1.82) is 5.26 Å².